The van der Waals surface area contributed by atoms with Gasteiger partial charge in [0.05, 0.1) is 12.5 Å². The van der Waals surface area contributed by atoms with E-state index in [0.717, 1.165) is 45.1 Å². The van der Waals surface area contributed by atoms with Crippen molar-refractivity contribution in [3.8, 4) is 11.1 Å². The molecule has 1 unspecified atom stereocenters. The maximum absolute atomic E-state index is 12.4. The minimum atomic E-state index is -0.200. The number of rotatable bonds is 5. The van der Waals surface area contributed by atoms with Gasteiger partial charge in [-0.05, 0) is 46.4 Å². The van der Waals surface area contributed by atoms with Crippen LogP contribution >= 0.6 is 15.9 Å². The third-order valence-corrected chi connectivity index (χ3v) is 4.96. The van der Waals surface area contributed by atoms with E-state index in [4.69, 9.17) is 9.47 Å². The molecule has 0 N–H and O–H groups in total. The summed E-state index contributed by atoms with van der Waals surface area (Å²) in [6, 6.07) is 12.4. The zero-order valence-corrected chi connectivity index (χ0v) is 15.6. The largest absolute Gasteiger partial charge is 0.460 e. The number of hydrogen-bond donors (Lipinski definition) is 0. The number of ether oxygens (including phenoxy) is 2. The molecule has 1 atom stereocenters. The number of cyclic esters (lactones) is 1. The van der Waals surface area contributed by atoms with Gasteiger partial charge in [0.1, 0.15) is 6.61 Å². The minimum absolute atomic E-state index is 0.114. The molecule has 1 heterocycles. The zero-order chi connectivity index (χ0) is 17.1. The second kappa shape index (κ2) is 7.49. The van der Waals surface area contributed by atoms with Crippen molar-refractivity contribution in [3.05, 3.63) is 57.6 Å². The highest BCUT2D eigenvalue weighted by Crippen LogP contribution is 2.41. The molecule has 2 aromatic rings. The summed E-state index contributed by atoms with van der Waals surface area (Å²) < 4.78 is 11.8. The Labute approximate surface area is 151 Å². The number of hydrogen-bond acceptors (Lipinski definition) is 3. The predicted molar refractivity (Wildman–Crippen MR) is 97.7 cm³/mol. The van der Waals surface area contributed by atoms with Crippen LogP contribution in [-0.2, 0) is 27.5 Å². The van der Waals surface area contributed by atoms with Crippen LogP contribution in [0.1, 0.15) is 42.4 Å². The summed E-state index contributed by atoms with van der Waals surface area (Å²) in [6.45, 7) is 2.97. The fraction of sp³-hybridized carbons (Fsp3) is 0.350. The smallest absolute Gasteiger partial charge is 0.313 e. The van der Waals surface area contributed by atoms with Gasteiger partial charge in [0, 0.05) is 11.6 Å². The Morgan fingerprint density at radius 3 is 2.62 bits per heavy atom. The molecule has 0 aliphatic carbocycles. The van der Waals surface area contributed by atoms with E-state index in [9.17, 15) is 4.79 Å². The Kier molecular flexibility index (Phi) is 5.36. The Hall–Kier alpha value is -1.65. The van der Waals surface area contributed by atoms with Crippen molar-refractivity contribution < 1.29 is 14.3 Å². The minimum Gasteiger partial charge on any atom is -0.460 e. The van der Waals surface area contributed by atoms with Crippen LogP contribution in [0.25, 0.3) is 11.1 Å². The molecule has 0 saturated carbocycles. The molecular formula is C20H21BrO3. The van der Waals surface area contributed by atoms with Gasteiger partial charge in [-0.25, -0.2) is 0 Å². The first-order valence-corrected chi connectivity index (χ1v) is 9.01. The van der Waals surface area contributed by atoms with Gasteiger partial charge in [0.2, 0.25) is 0 Å². The fourth-order valence-electron chi connectivity index (χ4n) is 3.38. The molecule has 0 amide bonds. The first-order chi connectivity index (χ1) is 11.7. The van der Waals surface area contributed by atoms with Crippen LogP contribution in [0, 0.1) is 0 Å². The second-order valence-electron chi connectivity index (χ2n) is 6.06. The normalized spacial score (nSPS) is 16.6. The number of methoxy groups -OCH3 is 1. The molecule has 1 aliphatic heterocycles. The summed E-state index contributed by atoms with van der Waals surface area (Å²) in [6.07, 6.45) is 1.74. The van der Waals surface area contributed by atoms with E-state index in [1.165, 1.54) is 0 Å². The van der Waals surface area contributed by atoms with Crippen LogP contribution in [0.3, 0.4) is 0 Å². The Balaban J connectivity index is 2.23. The molecule has 126 valence electrons. The molecule has 0 spiro atoms. The fourth-order valence-corrected chi connectivity index (χ4v) is 3.65. The third kappa shape index (κ3) is 3.26. The van der Waals surface area contributed by atoms with Gasteiger partial charge in [0.25, 0.3) is 0 Å². The Bertz CT molecular complexity index is 737. The number of benzene rings is 2. The molecular weight excluding hydrogens is 368 g/mol. The predicted octanol–water partition coefficient (Wildman–Crippen LogP) is 5.20. The van der Waals surface area contributed by atoms with Crippen LogP contribution in [-0.4, -0.2) is 13.1 Å². The van der Waals surface area contributed by atoms with E-state index in [2.05, 4.69) is 47.1 Å². The summed E-state index contributed by atoms with van der Waals surface area (Å²) in [5, 5.41) is 0. The SMILES string of the molecule is CCCC1C(=O)OCc2ccc(COC)c(-c3ccc(Br)cc3)c21. The molecule has 2 aromatic carbocycles. The summed E-state index contributed by atoms with van der Waals surface area (Å²) in [5.74, 6) is -0.313. The van der Waals surface area contributed by atoms with Crippen LogP contribution < -0.4 is 0 Å². The monoisotopic (exact) mass is 388 g/mol. The maximum atomic E-state index is 12.4. The first-order valence-electron chi connectivity index (χ1n) is 8.21. The lowest BCUT2D eigenvalue weighted by Crippen LogP contribution is -2.24. The lowest BCUT2D eigenvalue weighted by Gasteiger charge is -2.28. The molecule has 1 aliphatic rings. The van der Waals surface area contributed by atoms with Crippen molar-refractivity contribution in [1.29, 1.82) is 0 Å². The van der Waals surface area contributed by atoms with Gasteiger partial charge in [-0.1, -0.05) is 53.5 Å². The Morgan fingerprint density at radius 1 is 1.21 bits per heavy atom. The highest BCUT2D eigenvalue weighted by Gasteiger charge is 2.32. The molecule has 0 saturated heterocycles. The van der Waals surface area contributed by atoms with Crippen molar-refractivity contribution in [2.75, 3.05) is 7.11 Å². The number of halogens is 1. The van der Waals surface area contributed by atoms with Crippen LogP contribution in [0.5, 0.6) is 0 Å². The van der Waals surface area contributed by atoms with Gasteiger partial charge in [0.15, 0.2) is 0 Å². The highest BCUT2D eigenvalue weighted by molar-refractivity contribution is 9.10. The first kappa shape index (κ1) is 17.2. The summed E-state index contributed by atoms with van der Waals surface area (Å²) in [5.41, 5.74) is 5.56. The van der Waals surface area contributed by atoms with Crippen molar-refractivity contribution in [3.63, 3.8) is 0 Å². The van der Waals surface area contributed by atoms with Crippen LogP contribution in [0.2, 0.25) is 0 Å². The van der Waals surface area contributed by atoms with E-state index in [1.54, 1.807) is 7.11 Å². The number of carbonyl (C=O) groups excluding carboxylic acids is 1. The highest BCUT2D eigenvalue weighted by atomic mass is 79.9. The van der Waals surface area contributed by atoms with Crippen molar-refractivity contribution in [2.24, 2.45) is 0 Å². The van der Waals surface area contributed by atoms with Crippen molar-refractivity contribution in [2.45, 2.75) is 38.9 Å². The van der Waals surface area contributed by atoms with E-state index in [1.807, 2.05) is 12.1 Å². The van der Waals surface area contributed by atoms with E-state index in [-0.39, 0.29) is 11.9 Å². The molecule has 0 aromatic heterocycles. The number of esters is 1. The topological polar surface area (TPSA) is 35.5 Å². The zero-order valence-electron chi connectivity index (χ0n) is 14.0. The van der Waals surface area contributed by atoms with Gasteiger partial charge in [-0.15, -0.1) is 0 Å². The van der Waals surface area contributed by atoms with E-state index in [0.29, 0.717) is 13.2 Å². The average molecular weight is 389 g/mol. The number of carbonyl (C=O) groups is 1. The van der Waals surface area contributed by atoms with Crippen molar-refractivity contribution >= 4 is 21.9 Å². The molecule has 4 heteroatoms. The molecule has 0 fully saturated rings. The van der Waals surface area contributed by atoms with E-state index >= 15 is 0 Å². The van der Waals surface area contributed by atoms with Gasteiger partial charge in [-0.3, -0.25) is 4.79 Å². The molecule has 24 heavy (non-hydrogen) atoms. The third-order valence-electron chi connectivity index (χ3n) is 4.44. The van der Waals surface area contributed by atoms with E-state index < -0.39 is 0 Å². The van der Waals surface area contributed by atoms with Gasteiger partial charge >= 0.3 is 5.97 Å². The second-order valence-corrected chi connectivity index (χ2v) is 6.98. The Morgan fingerprint density at radius 2 is 1.96 bits per heavy atom. The average Bonchev–Trinajstić information content (AvgIpc) is 2.59. The van der Waals surface area contributed by atoms with Gasteiger partial charge in [-0.2, -0.15) is 0 Å². The summed E-state index contributed by atoms with van der Waals surface area (Å²) in [7, 11) is 1.70. The summed E-state index contributed by atoms with van der Waals surface area (Å²) in [4.78, 5) is 12.4. The van der Waals surface area contributed by atoms with Crippen LogP contribution in [0.4, 0.5) is 0 Å². The quantitative estimate of drug-likeness (QED) is 0.660. The molecule has 3 rings (SSSR count). The van der Waals surface area contributed by atoms with Crippen molar-refractivity contribution in [1.82, 2.24) is 0 Å². The summed E-state index contributed by atoms with van der Waals surface area (Å²) >= 11 is 3.49. The lowest BCUT2D eigenvalue weighted by molar-refractivity contribution is -0.148. The number of fused-ring (bicyclic) bond motifs is 1. The standard InChI is InChI=1S/C20H21BrO3/c1-3-4-17-19-15(12-24-20(17)22)6-5-14(11-23-2)18(19)13-7-9-16(21)10-8-13/h5-10,17H,3-4,11-12H2,1-2H3. The van der Waals surface area contributed by atoms with Gasteiger partial charge < -0.3 is 9.47 Å². The molecule has 0 bridgehead atoms. The molecule has 0 radical (unpaired) electrons. The van der Waals surface area contributed by atoms with Crippen LogP contribution in [0.15, 0.2) is 40.9 Å². The molecule has 3 nitrogen and oxygen atoms in total. The maximum Gasteiger partial charge on any atom is 0.313 e. The lowest BCUT2D eigenvalue weighted by atomic mass is 9.81.